The molecule has 6 heteroatoms. The van der Waals surface area contributed by atoms with Crippen molar-refractivity contribution in [3.8, 4) is 17.2 Å². The molecule has 1 N–H and O–H groups in total. The van der Waals surface area contributed by atoms with E-state index in [1.807, 2.05) is 27.7 Å². The number of carbonyl (C=O) groups is 3. The van der Waals surface area contributed by atoms with E-state index in [-0.39, 0.29) is 59.3 Å². The Bertz CT molecular complexity index is 1120. The van der Waals surface area contributed by atoms with Crippen molar-refractivity contribution in [2.75, 3.05) is 6.61 Å². The molecule has 35 heavy (non-hydrogen) atoms. The lowest BCUT2D eigenvalue weighted by Crippen LogP contribution is -2.51. The van der Waals surface area contributed by atoms with E-state index >= 15 is 0 Å². The van der Waals surface area contributed by atoms with Crippen LogP contribution in [0.25, 0.3) is 0 Å². The van der Waals surface area contributed by atoms with Crippen LogP contribution in [0.4, 0.5) is 0 Å². The largest absolute Gasteiger partial charge is 0.507 e. The van der Waals surface area contributed by atoms with Crippen LogP contribution >= 0.6 is 0 Å². The first kappa shape index (κ1) is 26.7. The van der Waals surface area contributed by atoms with Gasteiger partial charge in [-0.3, -0.25) is 14.4 Å². The van der Waals surface area contributed by atoms with Crippen molar-refractivity contribution >= 4 is 17.3 Å². The van der Waals surface area contributed by atoms with Crippen molar-refractivity contribution < 1.29 is 29.0 Å². The molecule has 1 heterocycles. The fraction of sp³-hybridized carbons (Fsp3) is 0.552. The molecule has 2 aliphatic rings. The zero-order valence-corrected chi connectivity index (χ0v) is 22.2. The van der Waals surface area contributed by atoms with E-state index < -0.39 is 16.7 Å². The fourth-order valence-corrected chi connectivity index (χ4v) is 5.29. The predicted molar refractivity (Wildman–Crippen MR) is 135 cm³/mol. The second kappa shape index (κ2) is 9.29. The van der Waals surface area contributed by atoms with Gasteiger partial charge in [-0.15, -0.1) is 0 Å². The van der Waals surface area contributed by atoms with Gasteiger partial charge < -0.3 is 14.6 Å². The number of benzene rings is 1. The maximum Gasteiger partial charge on any atom is 0.175 e. The molecular formula is C29H38O6. The molecule has 1 aromatic carbocycles. The number of ketones is 3. The van der Waals surface area contributed by atoms with Crippen LogP contribution < -0.4 is 9.47 Å². The third-order valence-corrected chi connectivity index (χ3v) is 6.87. The van der Waals surface area contributed by atoms with Crippen LogP contribution in [-0.2, 0) is 9.59 Å². The number of carbonyl (C=O) groups excluding carboxylic acids is 3. The van der Waals surface area contributed by atoms with Crippen molar-refractivity contribution in [2.45, 2.75) is 74.1 Å². The molecule has 0 aromatic heterocycles. The number of fused-ring (bicyclic) bond motifs is 1. The van der Waals surface area contributed by atoms with E-state index in [0.717, 1.165) is 0 Å². The van der Waals surface area contributed by atoms with Gasteiger partial charge in [0.15, 0.2) is 17.3 Å². The second-order valence-electron chi connectivity index (χ2n) is 11.6. The Kier molecular flexibility index (Phi) is 7.09. The number of aromatic hydroxyl groups is 1. The lowest BCUT2D eigenvalue weighted by atomic mass is 9.59. The highest BCUT2D eigenvalue weighted by atomic mass is 16.5. The molecule has 1 aliphatic heterocycles. The first-order valence-electron chi connectivity index (χ1n) is 12.3. The first-order valence-corrected chi connectivity index (χ1v) is 12.3. The van der Waals surface area contributed by atoms with Gasteiger partial charge in [0.2, 0.25) is 0 Å². The molecule has 0 radical (unpaired) electrons. The van der Waals surface area contributed by atoms with E-state index in [1.54, 1.807) is 39.8 Å². The molecule has 0 amide bonds. The molecule has 190 valence electrons. The van der Waals surface area contributed by atoms with Crippen molar-refractivity contribution in [3.05, 3.63) is 41.2 Å². The highest BCUT2D eigenvalue weighted by Crippen LogP contribution is 2.57. The molecular weight excluding hydrogens is 444 g/mol. The number of phenols is 1. The number of hydrogen-bond acceptors (Lipinski definition) is 6. The van der Waals surface area contributed by atoms with Gasteiger partial charge in [0.25, 0.3) is 0 Å². The lowest BCUT2D eigenvalue weighted by molar-refractivity contribution is -0.144. The van der Waals surface area contributed by atoms with Gasteiger partial charge in [0.05, 0.1) is 10.8 Å². The normalized spacial score (nSPS) is 20.5. The van der Waals surface area contributed by atoms with Crippen molar-refractivity contribution in [3.63, 3.8) is 0 Å². The molecule has 1 aromatic rings. The van der Waals surface area contributed by atoms with Gasteiger partial charge in [-0.2, -0.15) is 0 Å². The molecule has 1 unspecified atom stereocenters. The van der Waals surface area contributed by atoms with E-state index in [9.17, 15) is 19.5 Å². The molecule has 0 spiro atoms. The van der Waals surface area contributed by atoms with Gasteiger partial charge >= 0.3 is 0 Å². The Hall–Kier alpha value is -2.89. The molecule has 3 rings (SSSR count). The van der Waals surface area contributed by atoms with Crippen LogP contribution in [0.1, 0.15) is 90.1 Å². The summed E-state index contributed by atoms with van der Waals surface area (Å²) in [4.78, 5) is 40.3. The standard InChI is InChI=1S/C29H38O6/c1-10-11-34-19-14-20-21(24(31)23(19)18(30)13-16(4)5)17(12-15(2)3)22-25(32)28(6,7)27(33)29(8,9)26(22)35-20/h10,14-17,31H,1,11-13H2,2-9H3. The summed E-state index contributed by atoms with van der Waals surface area (Å²) in [6.45, 7) is 18.6. The van der Waals surface area contributed by atoms with E-state index in [0.29, 0.717) is 29.1 Å². The van der Waals surface area contributed by atoms with Gasteiger partial charge in [0, 0.05) is 29.5 Å². The highest BCUT2D eigenvalue weighted by molar-refractivity contribution is 6.20. The summed E-state index contributed by atoms with van der Waals surface area (Å²) in [5, 5.41) is 11.6. The summed E-state index contributed by atoms with van der Waals surface area (Å²) in [7, 11) is 0. The van der Waals surface area contributed by atoms with Crippen LogP contribution in [0.2, 0.25) is 0 Å². The number of rotatable bonds is 8. The van der Waals surface area contributed by atoms with Crippen molar-refractivity contribution in [1.82, 2.24) is 0 Å². The Balaban J connectivity index is 2.35. The number of hydrogen-bond donors (Lipinski definition) is 1. The Morgan fingerprint density at radius 1 is 1.14 bits per heavy atom. The van der Waals surface area contributed by atoms with Crippen LogP contribution in [0.15, 0.2) is 30.1 Å². The maximum absolute atomic E-state index is 13.7. The number of phenolic OH excluding ortho intramolecular Hbond substituents is 1. The van der Waals surface area contributed by atoms with E-state index in [1.165, 1.54) is 0 Å². The average Bonchev–Trinajstić information content (AvgIpc) is 2.74. The monoisotopic (exact) mass is 482 g/mol. The second-order valence-corrected chi connectivity index (χ2v) is 11.6. The minimum atomic E-state index is -1.22. The number of ether oxygens (including phenoxy) is 2. The average molecular weight is 483 g/mol. The maximum atomic E-state index is 13.7. The molecule has 0 fully saturated rings. The summed E-state index contributed by atoms with van der Waals surface area (Å²) in [6, 6.07) is 1.61. The van der Waals surface area contributed by atoms with Crippen LogP contribution in [0.3, 0.4) is 0 Å². The number of allylic oxidation sites excluding steroid dienone is 2. The summed E-state index contributed by atoms with van der Waals surface area (Å²) >= 11 is 0. The minimum absolute atomic E-state index is 0.0785. The van der Waals surface area contributed by atoms with Crippen LogP contribution in [0, 0.1) is 22.7 Å². The number of Topliss-reactive ketones (excluding diaryl/α,β-unsaturated/α-hetero) is 3. The smallest absolute Gasteiger partial charge is 0.175 e. The van der Waals surface area contributed by atoms with Gasteiger partial charge in [-0.05, 0) is 46.0 Å². The summed E-state index contributed by atoms with van der Waals surface area (Å²) < 4.78 is 12.1. The molecule has 0 saturated heterocycles. The summed E-state index contributed by atoms with van der Waals surface area (Å²) in [5.41, 5.74) is -1.34. The third kappa shape index (κ3) is 4.43. The topological polar surface area (TPSA) is 89.9 Å². The van der Waals surface area contributed by atoms with Crippen molar-refractivity contribution in [1.29, 1.82) is 0 Å². The fourth-order valence-electron chi connectivity index (χ4n) is 5.29. The van der Waals surface area contributed by atoms with Gasteiger partial charge in [-0.25, -0.2) is 0 Å². The molecule has 1 atom stereocenters. The molecule has 0 saturated carbocycles. The Morgan fingerprint density at radius 3 is 2.31 bits per heavy atom. The SMILES string of the molecule is C=CCOc1cc2c(c(O)c1C(=O)CC(C)C)C(CC(C)C)C1=C(O2)C(C)(C)C(=O)C(C)(C)C1=O. The van der Waals surface area contributed by atoms with Crippen LogP contribution in [0.5, 0.6) is 17.2 Å². The highest BCUT2D eigenvalue weighted by Gasteiger charge is 2.57. The Labute approximate surface area is 208 Å². The minimum Gasteiger partial charge on any atom is -0.507 e. The quantitative estimate of drug-likeness (QED) is 0.271. The molecule has 6 nitrogen and oxygen atoms in total. The molecule has 0 bridgehead atoms. The van der Waals surface area contributed by atoms with Crippen LogP contribution in [-0.4, -0.2) is 29.1 Å². The first-order chi connectivity index (χ1) is 16.2. The predicted octanol–water partition coefficient (Wildman–Crippen LogP) is 6.17. The van der Waals surface area contributed by atoms with Gasteiger partial charge in [-0.1, -0.05) is 40.3 Å². The molecule has 1 aliphatic carbocycles. The third-order valence-electron chi connectivity index (χ3n) is 6.87. The zero-order valence-electron chi connectivity index (χ0n) is 22.2. The van der Waals surface area contributed by atoms with Crippen molar-refractivity contribution in [2.24, 2.45) is 22.7 Å². The summed E-state index contributed by atoms with van der Waals surface area (Å²) in [6.07, 6.45) is 2.33. The Morgan fingerprint density at radius 2 is 1.77 bits per heavy atom. The van der Waals surface area contributed by atoms with E-state index in [4.69, 9.17) is 9.47 Å². The van der Waals surface area contributed by atoms with Gasteiger partial charge in [0.1, 0.15) is 35.2 Å². The summed E-state index contributed by atoms with van der Waals surface area (Å²) in [5.74, 6) is -0.417. The zero-order chi connectivity index (χ0) is 26.5. The lowest BCUT2D eigenvalue weighted by Gasteiger charge is -2.45. The van der Waals surface area contributed by atoms with E-state index in [2.05, 4.69) is 6.58 Å².